The lowest BCUT2D eigenvalue weighted by Crippen LogP contribution is -2.44. The van der Waals surface area contributed by atoms with Crippen LogP contribution in [0.5, 0.6) is 0 Å². The number of hydrogen-bond donors (Lipinski definition) is 3. The summed E-state index contributed by atoms with van der Waals surface area (Å²) in [5, 5.41) is 18.5. The predicted molar refractivity (Wildman–Crippen MR) is 123 cm³/mol. The quantitative estimate of drug-likeness (QED) is 0.456. The Bertz CT molecular complexity index is 989. The standard InChI is InChI=1S/C23H25ClN6O/c24-18-5-3-17(4-6-18)23(11-1-2-12-23)22(31)27-16-15-26-20-7-8-21(30-29-20)28-19-9-13-25-14-10-19/h3-10,13-14H,1-2,11-12,15-16H2,(H,26,29)(H,27,31)(H,25,28,30). The first-order chi connectivity index (χ1) is 15.2. The van der Waals surface area contributed by atoms with E-state index in [9.17, 15) is 4.79 Å². The topological polar surface area (TPSA) is 91.8 Å². The van der Waals surface area contributed by atoms with Crippen LogP contribution in [0.4, 0.5) is 17.3 Å². The fourth-order valence-electron chi connectivity index (χ4n) is 4.01. The second kappa shape index (κ2) is 9.75. The number of carbonyl (C=O) groups is 1. The molecule has 0 unspecified atom stereocenters. The largest absolute Gasteiger partial charge is 0.367 e. The molecule has 0 bridgehead atoms. The van der Waals surface area contributed by atoms with E-state index in [2.05, 4.69) is 31.1 Å². The van der Waals surface area contributed by atoms with Crippen LogP contribution in [0, 0.1) is 0 Å². The molecule has 2 aromatic heterocycles. The number of halogens is 1. The number of nitrogens with zero attached hydrogens (tertiary/aromatic N) is 3. The van der Waals surface area contributed by atoms with Crippen LogP contribution in [0.3, 0.4) is 0 Å². The summed E-state index contributed by atoms with van der Waals surface area (Å²) in [7, 11) is 0. The molecule has 7 nitrogen and oxygen atoms in total. The average Bonchev–Trinajstić information content (AvgIpc) is 3.30. The Hall–Kier alpha value is -3.19. The Morgan fingerprint density at radius 3 is 2.26 bits per heavy atom. The van der Waals surface area contributed by atoms with Gasteiger partial charge < -0.3 is 16.0 Å². The normalized spacial score (nSPS) is 14.7. The van der Waals surface area contributed by atoms with Crippen molar-refractivity contribution in [3.05, 3.63) is 71.5 Å². The number of nitrogens with one attached hydrogen (secondary N) is 3. The number of benzene rings is 1. The van der Waals surface area contributed by atoms with E-state index in [4.69, 9.17) is 11.6 Å². The summed E-state index contributed by atoms with van der Waals surface area (Å²) in [5.41, 5.74) is 1.49. The third-order valence-electron chi connectivity index (χ3n) is 5.62. The van der Waals surface area contributed by atoms with Gasteiger partial charge >= 0.3 is 0 Å². The molecule has 1 fully saturated rings. The highest BCUT2D eigenvalue weighted by Gasteiger charge is 2.42. The molecule has 0 radical (unpaired) electrons. The molecule has 0 aliphatic heterocycles. The van der Waals surface area contributed by atoms with Gasteiger partial charge in [0, 0.05) is 36.2 Å². The van der Waals surface area contributed by atoms with Gasteiger partial charge in [0.25, 0.3) is 0 Å². The van der Waals surface area contributed by atoms with Crippen molar-refractivity contribution in [1.82, 2.24) is 20.5 Å². The van der Waals surface area contributed by atoms with Crippen molar-refractivity contribution in [1.29, 1.82) is 0 Å². The molecule has 2 heterocycles. The number of hydrogen-bond acceptors (Lipinski definition) is 6. The highest BCUT2D eigenvalue weighted by molar-refractivity contribution is 6.30. The monoisotopic (exact) mass is 436 g/mol. The first-order valence-electron chi connectivity index (χ1n) is 10.4. The summed E-state index contributed by atoms with van der Waals surface area (Å²) in [6.45, 7) is 1.07. The van der Waals surface area contributed by atoms with Gasteiger partial charge in [-0.1, -0.05) is 36.6 Å². The zero-order valence-corrected chi connectivity index (χ0v) is 17.9. The minimum absolute atomic E-state index is 0.0807. The molecule has 1 aromatic carbocycles. The van der Waals surface area contributed by atoms with Crippen LogP contribution in [-0.2, 0) is 10.2 Å². The zero-order chi connectivity index (χ0) is 21.5. The number of carbonyl (C=O) groups excluding carboxylic acids is 1. The molecular formula is C23H25ClN6O. The molecule has 1 aliphatic carbocycles. The maximum Gasteiger partial charge on any atom is 0.230 e. The zero-order valence-electron chi connectivity index (χ0n) is 17.1. The van der Waals surface area contributed by atoms with Gasteiger partial charge in [0.05, 0.1) is 5.41 Å². The van der Waals surface area contributed by atoms with Crippen LogP contribution in [0.1, 0.15) is 31.2 Å². The Morgan fingerprint density at radius 1 is 0.903 bits per heavy atom. The molecule has 1 amide bonds. The van der Waals surface area contributed by atoms with E-state index in [1.807, 2.05) is 48.5 Å². The van der Waals surface area contributed by atoms with Crippen LogP contribution in [-0.4, -0.2) is 34.2 Å². The van der Waals surface area contributed by atoms with Gasteiger partial charge in [0.1, 0.15) is 5.82 Å². The summed E-state index contributed by atoms with van der Waals surface area (Å²) in [4.78, 5) is 17.1. The van der Waals surface area contributed by atoms with Gasteiger partial charge in [-0.25, -0.2) is 0 Å². The van der Waals surface area contributed by atoms with Crippen molar-refractivity contribution >= 4 is 34.8 Å². The van der Waals surface area contributed by atoms with Crippen LogP contribution in [0.25, 0.3) is 0 Å². The SMILES string of the molecule is O=C(NCCNc1ccc(Nc2ccncc2)nn1)C1(c2ccc(Cl)cc2)CCCC1. The predicted octanol–water partition coefficient (Wildman–Crippen LogP) is 4.31. The molecule has 0 saturated heterocycles. The van der Waals surface area contributed by atoms with Crippen molar-refractivity contribution in [2.75, 3.05) is 23.7 Å². The van der Waals surface area contributed by atoms with Gasteiger partial charge in [0.15, 0.2) is 5.82 Å². The van der Waals surface area contributed by atoms with Crippen molar-refractivity contribution in [2.24, 2.45) is 0 Å². The van der Waals surface area contributed by atoms with E-state index in [0.29, 0.717) is 29.7 Å². The molecule has 160 valence electrons. The third kappa shape index (κ3) is 5.11. The fraction of sp³-hybridized carbons (Fsp3) is 0.304. The minimum atomic E-state index is -0.454. The summed E-state index contributed by atoms with van der Waals surface area (Å²) in [6.07, 6.45) is 7.27. The smallest absolute Gasteiger partial charge is 0.230 e. The van der Waals surface area contributed by atoms with Crippen molar-refractivity contribution < 1.29 is 4.79 Å². The average molecular weight is 437 g/mol. The second-order valence-corrected chi connectivity index (χ2v) is 8.08. The Morgan fingerprint density at radius 2 is 1.58 bits per heavy atom. The maximum atomic E-state index is 13.1. The highest BCUT2D eigenvalue weighted by Crippen LogP contribution is 2.41. The first kappa shape index (κ1) is 21.1. The maximum absolute atomic E-state index is 13.1. The van der Waals surface area contributed by atoms with Crippen molar-refractivity contribution in [3.63, 3.8) is 0 Å². The van der Waals surface area contributed by atoms with E-state index in [-0.39, 0.29) is 5.91 Å². The number of aromatic nitrogens is 3. The van der Waals surface area contributed by atoms with Gasteiger partial charge in [-0.2, -0.15) is 0 Å². The number of rotatable bonds is 8. The first-order valence-corrected chi connectivity index (χ1v) is 10.8. The molecule has 0 atom stereocenters. The van der Waals surface area contributed by atoms with Crippen molar-refractivity contribution in [2.45, 2.75) is 31.1 Å². The molecule has 1 saturated carbocycles. The third-order valence-corrected chi connectivity index (χ3v) is 5.87. The minimum Gasteiger partial charge on any atom is -0.367 e. The van der Waals surface area contributed by atoms with Gasteiger partial charge in [-0.15, -0.1) is 10.2 Å². The number of anilines is 3. The van der Waals surface area contributed by atoms with E-state index in [1.54, 1.807) is 12.4 Å². The number of pyridine rings is 1. The van der Waals surface area contributed by atoms with Crippen molar-refractivity contribution in [3.8, 4) is 0 Å². The number of amides is 1. The molecule has 31 heavy (non-hydrogen) atoms. The van der Waals surface area contributed by atoms with E-state index >= 15 is 0 Å². The summed E-state index contributed by atoms with van der Waals surface area (Å²) in [6, 6.07) is 15.1. The molecule has 3 N–H and O–H groups in total. The Labute approximate surface area is 186 Å². The lowest BCUT2D eigenvalue weighted by Gasteiger charge is -2.28. The van der Waals surface area contributed by atoms with Crippen LogP contribution >= 0.6 is 11.6 Å². The molecule has 4 rings (SSSR count). The van der Waals surface area contributed by atoms with Gasteiger partial charge in [-0.3, -0.25) is 9.78 Å². The molecule has 0 spiro atoms. The Kier molecular flexibility index (Phi) is 6.62. The van der Waals surface area contributed by atoms with Crippen LogP contribution in [0.2, 0.25) is 5.02 Å². The van der Waals surface area contributed by atoms with Gasteiger partial charge in [-0.05, 0) is 54.8 Å². The summed E-state index contributed by atoms with van der Waals surface area (Å²) >= 11 is 6.03. The second-order valence-electron chi connectivity index (χ2n) is 7.64. The summed E-state index contributed by atoms with van der Waals surface area (Å²) < 4.78 is 0. The van der Waals surface area contributed by atoms with E-state index in [0.717, 1.165) is 36.9 Å². The van der Waals surface area contributed by atoms with E-state index in [1.165, 1.54) is 0 Å². The fourth-order valence-corrected chi connectivity index (χ4v) is 4.13. The lowest BCUT2D eigenvalue weighted by molar-refractivity contribution is -0.126. The molecule has 3 aromatic rings. The van der Waals surface area contributed by atoms with Crippen LogP contribution in [0.15, 0.2) is 60.9 Å². The molecular weight excluding hydrogens is 412 g/mol. The van der Waals surface area contributed by atoms with E-state index < -0.39 is 5.41 Å². The Balaban J connectivity index is 1.28. The molecule has 8 heteroatoms. The summed E-state index contributed by atoms with van der Waals surface area (Å²) in [5.74, 6) is 1.39. The lowest BCUT2D eigenvalue weighted by atomic mass is 9.78. The molecule has 1 aliphatic rings. The van der Waals surface area contributed by atoms with Crippen LogP contribution < -0.4 is 16.0 Å². The highest BCUT2D eigenvalue weighted by atomic mass is 35.5. The van der Waals surface area contributed by atoms with Gasteiger partial charge in [0.2, 0.25) is 5.91 Å².